The zero-order chi connectivity index (χ0) is 13.6. The van der Waals surface area contributed by atoms with Gasteiger partial charge in [0.1, 0.15) is 0 Å². The van der Waals surface area contributed by atoms with Crippen molar-refractivity contribution in [2.75, 3.05) is 13.1 Å². The van der Waals surface area contributed by atoms with Gasteiger partial charge in [-0.3, -0.25) is 0 Å². The van der Waals surface area contributed by atoms with Gasteiger partial charge < -0.3 is 5.11 Å². The van der Waals surface area contributed by atoms with E-state index in [0.29, 0.717) is 23.9 Å². The molecular formula is C13H16BrNO3S. The summed E-state index contributed by atoms with van der Waals surface area (Å²) in [6.45, 7) is 0.983. The second kappa shape index (κ2) is 4.84. The smallest absolute Gasteiger partial charge is 0.243 e. The Morgan fingerprint density at radius 3 is 2.74 bits per heavy atom. The van der Waals surface area contributed by atoms with Crippen LogP contribution in [0.25, 0.3) is 0 Å². The van der Waals surface area contributed by atoms with E-state index in [9.17, 15) is 13.5 Å². The molecule has 3 atom stereocenters. The van der Waals surface area contributed by atoms with E-state index < -0.39 is 10.0 Å². The zero-order valence-corrected chi connectivity index (χ0v) is 12.8. The van der Waals surface area contributed by atoms with Gasteiger partial charge in [0.25, 0.3) is 0 Å². The number of benzene rings is 1. The van der Waals surface area contributed by atoms with Gasteiger partial charge in [-0.2, -0.15) is 4.31 Å². The predicted octanol–water partition coefficient (Wildman–Crippen LogP) is 1.84. The summed E-state index contributed by atoms with van der Waals surface area (Å²) in [6.07, 6.45) is 1.39. The third-order valence-corrected chi connectivity index (χ3v) is 6.54. The molecule has 0 radical (unpaired) electrons. The lowest BCUT2D eigenvalue weighted by Crippen LogP contribution is -2.31. The number of rotatable bonds is 2. The largest absolute Gasteiger partial charge is 0.393 e. The molecule has 0 aromatic heterocycles. The minimum Gasteiger partial charge on any atom is -0.393 e. The summed E-state index contributed by atoms with van der Waals surface area (Å²) in [5, 5.41) is 9.87. The topological polar surface area (TPSA) is 57.6 Å². The van der Waals surface area contributed by atoms with Crippen LogP contribution < -0.4 is 0 Å². The average molecular weight is 346 g/mol. The minimum atomic E-state index is -3.43. The number of halogens is 1. The lowest BCUT2D eigenvalue weighted by atomic mass is 10.00. The number of fused-ring (bicyclic) bond motifs is 1. The van der Waals surface area contributed by atoms with E-state index in [4.69, 9.17) is 0 Å². The van der Waals surface area contributed by atoms with Crippen LogP contribution in [0.3, 0.4) is 0 Å². The van der Waals surface area contributed by atoms with Crippen LogP contribution in [0.5, 0.6) is 0 Å². The third-order valence-electron chi connectivity index (χ3n) is 4.22. The minimum absolute atomic E-state index is 0.113. The average Bonchev–Trinajstić information content (AvgIpc) is 2.92. The first-order valence-electron chi connectivity index (χ1n) is 6.42. The molecular weight excluding hydrogens is 330 g/mol. The molecule has 3 unspecified atom stereocenters. The first-order valence-corrected chi connectivity index (χ1v) is 8.65. The normalized spacial score (nSPS) is 31.6. The number of aliphatic hydroxyl groups is 1. The van der Waals surface area contributed by atoms with Crippen molar-refractivity contribution in [3.05, 3.63) is 28.7 Å². The molecule has 2 aliphatic rings. The van der Waals surface area contributed by atoms with E-state index >= 15 is 0 Å². The van der Waals surface area contributed by atoms with Crippen LogP contribution in [0.2, 0.25) is 0 Å². The summed E-state index contributed by atoms with van der Waals surface area (Å²) < 4.78 is 27.4. The Kier molecular flexibility index (Phi) is 3.45. The third kappa shape index (κ3) is 2.35. The van der Waals surface area contributed by atoms with Gasteiger partial charge in [0, 0.05) is 23.5 Å². The molecule has 1 aliphatic carbocycles. The second-order valence-electron chi connectivity index (χ2n) is 5.35. The van der Waals surface area contributed by atoms with Crippen molar-refractivity contribution in [1.82, 2.24) is 4.31 Å². The quantitative estimate of drug-likeness (QED) is 0.889. The van der Waals surface area contributed by atoms with E-state index in [-0.39, 0.29) is 12.0 Å². The molecule has 1 heterocycles. The van der Waals surface area contributed by atoms with Gasteiger partial charge in [-0.1, -0.05) is 22.0 Å². The molecule has 1 aromatic rings. The summed E-state index contributed by atoms with van der Waals surface area (Å²) in [7, 11) is -3.43. The fourth-order valence-electron chi connectivity index (χ4n) is 3.17. The van der Waals surface area contributed by atoms with Gasteiger partial charge in [0.15, 0.2) is 0 Å². The van der Waals surface area contributed by atoms with E-state index in [2.05, 4.69) is 15.9 Å². The summed E-state index contributed by atoms with van der Waals surface area (Å²) >= 11 is 3.30. The van der Waals surface area contributed by atoms with Crippen molar-refractivity contribution >= 4 is 26.0 Å². The Labute approximate surface area is 121 Å². The van der Waals surface area contributed by atoms with E-state index in [1.54, 1.807) is 18.2 Å². The van der Waals surface area contributed by atoms with Crippen LogP contribution in [0.4, 0.5) is 0 Å². The molecule has 1 saturated carbocycles. The maximum absolute atomic E-state index is 12.5. The van der Waals surface area contributed by atoms with Crippen LogP contribution >= 0.6 is 15.9 Å². The highest BCUT2D eigenvalue weighted by Gasteiger charge is 2.45. The number of sulfonamides is 1. The van der Waals surface area contributed by atoms with Gasteiger partial charge in [-0.15, -0.1) is 0 Å². The molecule has 104 valence electrons. The van der Waals surface area contributed by atoms with Crippen molar-refractivity contribution in [3.8, 4) is 0 Å². The Morgan fingerprint density at radius 1 is 1.26 bits per heavy atom. The van der Waals surface area contributed by atoms with Crippen LogP contribution in [0.1, 0.15) is 12.8 Å². The number of aliphatic hydroxyl groups excluding tert-OH is 1. The summed E-state index contributed by atoms with van der Waals surface area (Å²) in [4.78, 5) is 0.316. The number of hydrogen-bond donors (Lipinski definition) is 1. The van der Waals surface area contributed by atoms with Gasteiger partial charge >= 0.3 is 0 Å². The lowest BCUT2D eigenvalue weighted by Gasteiger charge is -2.18. The standard InChI is InChI=1S/C13H16BrNO3S/c14-10-2-1-3-11(6-10)19(17,18)15-7-9-4-5-13(16)12(9)8-15/h1-3,6,9,12-13,16H,4-5,7-8H2. The predicted molar refractivity (Wildman–Crippen MR) is 75.1 cm³/mol. The Balaban J connectivity index is 1.87. The molecule has 6 heteroatoms. The van der Waals surface area contributed by atoms with Crippen molar-refractivity contribution in [1.29, 1.82) is 0 Å². The molecule has 0 bridgehead atoms. The molecule has 1 aliphatic heterocycles. The van der Waals surface area contributed by atoms with Crippen LogP contribution in [0.15, 0.2) is 33.6 Å². The second-order valence-corrected chi connectivity index (χ2v) is 8.20. The molecule has 0 spiro atoms. The van der Waals surface area contributed by atoms with Crippen molar-refractivity contribution in [2.24, 2.45) is 11.8 Å². The van der Waals surface area contributed by atoms with Gasteiger partial charge in [-0.05, 0) is 37.0 Å². The molecule has 3 rings (SSSR count). The van der Waals surface area contributed by atoms with Gasteiger partial charge in [-0.25, -0.2) is 8.42 Å². The maximum Gasteiger partial charge on any atom is 0.243 e. The summed E-state index contributed by atoms with van der Waals surface area (Å²) in [5.41, 5.74) is 0. The highest BCUT2D eigenvalue weighted by Crippen LogP contribution is 2.40. The Hall–Kier alpha value is -0.430. The SMILES string of the molecule is O=S(=O)(c1cccc(Br)c1)N1CC2CCC(O)C2C1. The van der Waals surface area contributed by atoms with Gasteiger partial charge in [0.05, 0.1) is 11.0 Å². The van der Waals surface area contributed by atoms with Crippen molar-refractivity contribution < 1.29 is 13.5 Å². The van der Waals surface area contributed by atoms with E-state index in [0.717, 1.165) is 17.3 Å². The van der Waals surface area contributed by atoms with Crippen molar-refractivity contribution in [3.63, 3.8) is 0 Å². The molecule has 1 aromatic carbocycles. The molecule has 1 saturated heterocycles. The highest BCUT2D eigenvalue weighted by molar-refractivity contribution is 9.10. The van der Waals surface area contributed by atoms with Crippen LogP contribution in [-0.2, 0) is 10.0 Å². The Bertz CT molecular complexity index is 589. The van der Waals surface area contributed by atoms with E-state index in [1.807, 2.05) is 6.07 Å². The summed E-state index contributed by atoms with van der Waals surface area (Å²) in [5.74, 6) is 0.429. The maximum atomic E-state index is 12.5. The highest BCUT2D eigenvalue weighted by atomic mass is 79.9. The first kappa shape index (κ1) is 13.5. The monoisotopic (exact) mass is 345 g/mol. The molecule has 19 heavy (non-hydrogen) atoms. The van der Waals surface area contributed by atoms with E-state index in [1.165, 1.54) is 4.31 Å². The molecule has 0 amide bonds. The number of nitrogens with zero attached hydrogens (tertiary/aromatic N) is 1. The molecule has 1 N–H and O–H groups in total. The van der Waals surface area contributed by atoms with Crippen LogP contribution in [0, 0.1) is 11.8 Å². The summed E-state index contributed by atoms with van der Waals surface area (Å²) in [6, 6.07) is 6.77. The molecule has 2 fully saturated rings. The first-order chi connectivity index (χ1) is 8.98. The lowest BCUT2D eigenvalue weighted by molar-refractivity contribution is 0.129. The fraction of sp³-hybridized carbons (Fsp3) is 0.538. The van der Waals surface area contributed by atoms with Crippen molar-refractivity contribution in [2.45, 2.75) is 23.8 Å². The Morgan fingerprint density at radius 2 is 2.05 bits per heavy atom. The van der Waals surface area contributed by atoms with Gasteiger partial charge in [0.2, 0.25) is 10.0 Å². The molecule has 4 nitrogen and oxygen atoms in total. The zero-order valence-electron chi connectivity index (χ0n) is 10.4. The van der Waals surface area contributed by atoms with Crippen LogP contribution in [-0.4, -0.2) is 37.0 Å². The fourth-order valence-corrected chi connectivity index (χ4v) is 5.30. The number of hydrogen-bond acceptors (Lipinski definition) is 3.